The van der Waals surface area contributed by atoms with E-state index in [4.69, 9.17) is 20.9 Å². The van der Waals surface area contributed by atoms with E-state index in [1.807, 2.05) is 50.6 Å². The van der Waals surface area contributed by atoms with Gasteiger partial charge in [0.05, 0.1) is 39.8 Å². The van der Waals surface area contributed by atoms with Gasteiger partial charge in [-0.15, -0.1) is 0 Å². The molecule has 0 unspecified atom stereocenters. The molecule has 0 radical (unpaired) electrons. The Balaban J connectivity index is 1.35. The molecule has 2 fully saturated rings. The fraction of sp³-hybridized carbons (Fsp3) is 0.583. The van der Waals surface area contributed by atoms with Crippen molar-refractivity contribution >= 4 is 35.8 Å². The van der Waals surface area contributed by atoms with Crippen molar-refractivity contribution in [2.24, 2.45) is 0 Å². The van der Waals surface area contributed by atoms with E-state index >= 15 is 0 Å². The second-order valence-corrected chi connectivity index (χ2v) is 10.9. The van der Waals surface area contributed by atoms with Crippen LogP contribution in [0.5, 0.6) is 0 Å². The van der Waals surface area contributed by atoms with E-state index in [0.717, 1.165) is 38.0 Å². The normalized spacial score (nSPS) is 26.0. The number of β-amino-alcohol motifs (C(OH)–C–C–N with tert-alkyl or cyclic N) is 1. The summed E-state index contributed by atoms with van der Waals surface area (Å²) in [6.07, 6.45) is 2.51. The molecular formula is C24H32BClN4O4. The molecule has 34 heavy (non-hydrogen) atoms. The van der Waals surface area contributed by atoms with Crippen molar-refractivity contribution in [1.29, 1.82) is 0 Å². The van der Waals surface area contributed by atoms with Crippen LogP contribution in [-0.2, 0) is 15.9 Å². The van der Waals surface area contributed by atoms with E-state index in [0.29, 0.717) is 28.4 Å². The highest BCUT2D eigenvalue weighted by Crippen LogP contribution is 2.38. The lowest BCUT2D eigenvalue weighted by molar-refractivity contribution is 0.00578. The van der Waals surface area contributed by atoms with Gasteiger partial charge in [0.1, 0.15) is 0 Å². The van der Waals surface area contributed by atoms with Crippen molar-refractivity contribution < 1.29 is 19.2 Å². The summed E-state index contributed by atoms with van der Waals surface area (Å²) in [5, 5.41) is 17.9. The van der Waals surface area contributed by atoms with Crippen LogP contribution < -0.4 is 10.8 Å². The van der Waals surface area contributed by atoms with Crippen LogP contribution in [0.4, 0.5) is 5.69 Å². The summed E-state index contributed by atoms with van der Waals surface area (Å²) < 4.78 is 14.2. The Labute approximate surface area is 205 Å². The maximum Gasteiger partial charge on any atom is 0.496 e. The van der Waals surface area contributed by atoms with Gasteiger partial charge in [-0.3, -0.25) is 14.4 Å². The van der Waals surface area contributed by atoms with Gasteiger partial charge in [0.2, 0.25) is 0 Å². The van der Waals surface area contributed by atoms with Gasteiger partial charge in [0.15, 0.2) is 5.69 Å². The molecule has 3 aliphatic heterocycles. The molecule has 0 spiro atoms. The number of anilines is 1. The maximum atomic E-state index is 13.1. The monoisotopic (exact) mass is 486 g/mol. The molecule has 2 aromatic rings. The number of aryl methyl sites for hydroxylation is 1. The van der Waals surface area contributed by atoms with E-state index in [1.54, 1.807) is 6.07 Å². The number of nitrogens with one attached hydrogen (secondary N) is 1. The number of amides is 1. The van der Waals surface area contributed by atoms with Crippen LogP contribution in [-0.4, -0.2) is 63.2 Å². The minimum absolute atomic E-state index is 0.176. The summed E-state index contributed by atoms with van der Waals surface area (Å²) in [4.78, 5) is 15.4. The molecule has 0 aliphatic carbocycles. The quantitative estimate of drug-likeness (QED) is 0.646. The predicted molar refractivity (Wildman–Crippen MR) is 132 cm³/mol. The zero-order valence-corrected chi connectivity index (χ0v) is 20.9. The SMILES string of the molecule is CC1(C)OB(c2cccc(NC(=O)c3cc4n(n3)CCC[C@H]4N3CC[C@H](O)C3)c2Cl)OC1(C)C. The van der Waals surface area contributed by atoms with Gasteiger partial charge < -0.3 is 19.7 Å². The van der Waals surface area contributed by atoms with Crippen LogP contribution in [0.3, 0.4) is 0 Å². The second kappa shape index (κ2) is 8.64. The van der Waals surface area contributed by atoms with Gasteiger partial charge in [0, 0.05) is 25.1 Å². The lowest BCUT2D eigenvalue weighted by Crippen LogP contribution is -2.41. The number of rotatable bonds is 4. The van der Waals surface area contributed by atoms with E-state index in [1.165, 1.54) is 0 Å². The van der Waals surface area contributed by atoms with Gasteiger partial charge in [0.25, 0.3) is 5.91 Å². The molecular weight excluding hydrogens is 455 g/mol. The summed E-state index contributed by atoms with van der Waals surface area (Å²) in [6.45, 7) is 10.3. The molecule has 1 aromatic carbocycles. The highest BCUT2D eigenvalue weighted by molar-refractivity contribution is 6.66. The number of aliphatic hydroxyl groups excluding tert-OH is 1. The molecule has 2 saturated heterocycles. The van der Waals surface area contributed by atoms with Gasteiger partial charge in [-0.05, 0) is 59.1 Å². The molecule has 3 aliphatic rings. The number of halogens is 1. The Morgan fingerprint density at radius 2 is 1.94 bits per heavy atom. The average molecular weight is 487 g/mol. The van der Waals surface area contributed by atoms with Gasteiger partial charge in [-0.2, -0.15) is 5.10 Å². The average Bonchev–Trinajstić information content (AvgIpc) is 3.45. The summed E-state index contributed by atoms with van der Waals surface area (Å²) in [5.41, 5.74) is 1.58. The van der Waals surface area contributed by atoms with Gasteiger partial charge in [-0.25, -0.2) is 0 Å². The minimum atomic E-state index is -0.620. The number of carbonyl (C=O) groups is 1. The van der Waals surface area contributed by atoms with Crippen molar-refractivity contribution in [3.8, 4) is 0 Å². The number of fused-ring (bicyclic) bond motifs is 1. The third-order valence-corrected chi connectivity index (χ3v) is 8.07. The summed E-state index contributed by atoms with van der Waals surface area (Å²) >= 11 is 6.70. The standard InChI is InChI=1S/C24H32BClN4O4/c1-23(2)24(3,4)34-25(33-23)16-7-5-8-17(21(16)26)27-22(32)18-13-20-19(9-6-11-30(20)28-18)29-12-10-15(31)14-29/h5,7-8,13,15,19,31H,6,9-12,14H2,1-4H3,(H,27,32)/t15-,19+/m0/s1. The van der Waals surface area contributed by atoms with Crippen LogP contribution in [0, 0.1) is 0 Å². The minimum Gasteiger partial charge on any atom is -0.399 e. The molecule has 1 aromatic heterocycles. The zero-order valence-electron chi connectivity index (χ0n) is 20.2. The molecule has 5 rings (SSSR count). The third-order valence-electron chi connectivity index (χ3n) is 7.65. The van der Waals surface area contributed by atoms with Gasteiger partial charge in [-0.1, -0.05) is 23.7 Å². The molecule has 182 valence electrons. The third kappa shape index (κ3) is 4.18. The fourth-order valence-electron chi connectivity index (χ4n) is 4.98. The fourth-order valence-corrected chi connectivity index (χ4v) is 5.24. The zero-order chi connectivity index (χ0) is 24.3. The van der Waals surface area contributed by atoms with Crippen molar-refractivity contribution in [3.63, 3.8) is 0 Å². The number of hydrogen-bond donors (Lipinski definition) is 2. The van der Waals surface area contributed by atoms with Crippen molar-refractivity contribution in [3.05, 3.63) is 40.7 Å². The van der Waals surface area contributed by atoms with Crippen molar-refractivity contribution in [1.82, 2.24) is 14.7 Å². The molecule has 8 nitrogen and oxygen atoms in total. The highest BCUT2D eigenvalue weighted by Gasteiger charge is 2.52. The maximum absolute atomic E-state index is 13.1. The number of aromatic nitrogens is 2. The van der Waals surface area contributed by atoms with Crippen LogP contribution in [0.1, 0.15) is 69.2 Å². The lowest BCUT2D eigenvalue weighted by Gasteiger charge is -2.32. The number of nitrogens with zero attached hydrogens (tertiary/aromatic N) is 3. The number of carbonyl (C=O) groups excluding carboxylic acids is 1. The molecule has 2 atom stereocenters. The molecule has 0 saturated carbocycles. The van der Waals surface area contributed by atoms with E-state index in [-0.39, 0.29) is 18.1 Å². The van der Waals surface area contributed by atoms with E-state index in [2.05, 4.69) is 15.3 Å². The number of benzene rings is 1. The van der Waals surface area contributed by atoms with Crippen molar-refractivity contribution in [2.45, 2.75) is 76.9 Å². The molecule has 0 bridgehead atoms. The Morgan fingerprint density at radius 1 is 1.21 bits per heavy atom. The lowest BCUT2D eigenvalue weighted by atomic mass is 9.79. The Kier molecular flexibility index (Phi) is 6.05. The Morgan fingerprint density at radius 3 is 2.62 bits per heavy atom. The van der Waals surface area contributed by atoms with E-state index < -0.39 is 18.3 Å². The number of hydrogen-bond acceptors (Lipinski definition) is 6. The molecule has 1 amide bonds. The first-order chi connectivity index (χ1) is 16.1. The largest absolute Gasteiger partial charge is 0.496 e. The second-order valence-electron chi connectivity index (χ2n) is 10.5. The summed E-state index contributed by atoms with van der Waals surface area (Å²) in [5.74, 6) is -0.310. The van der Waals surface area contributed by atoms with Crippen molar-refractivity contribution in [2.75, 3.05) is 18.4 Å². The summed E-state index contributed by atoms with van der Waals surface area (Å²) in [6, 6.07) is 7.49. The summed E-state index contributed by atoms with van der Waals surface area (Å²) in [7, 11) is -0.620. The first-order valence-corrected chi connectivity index (χ1v) is 12.4. The molecule has 10 heteroatoms. The smallest absolute Gasteiger partial charge is 0.399 e. The van der Waals surface area contributed by atoms with Gasteiger partial charge >= 0.3 is 7.12 Å². The van der Waals surface area contributed by atoms with Crippen LogP contribution >= 0.6 is 11.6 Å². The number of aliphatic hydroxyl groups is 1. The topological polar surface area (TPSA) is 88.9 Å². The highest BCUT2D eigenvalue weighted by atomic mass is 35.5. The molecule has 4 heterocycles. The molecule has 2 N–H and O–H groups in total. The van der Waals surface area contributed by atoms with Crippen LogP contribution in [0.2, 0.25) is 5.02 Å². The first-order valence-electron chi connectivity index (χ1n) is 12.0. The Hall–Kier alpha value is -1.91. The van der Waals surface area contributed by atoms with Crippen LogP contribution in [0.25, 0.3) is 0 Å². The first kappa shape index (κ1) is 23.8. The Bertz CT molecular complexity index is 1090. The predicted octanol–water partition coefficient (Wildman–Crippen LogP) is 2.99. The number of likely N-dealkylation sites (tertiary alicyclic amines) is 1. The van der Waals surface area contributed by atoms with Crippen LogP contribution in [0.15, 0.2) is 24.3 Å². The van der Waals surface area contributed by atoms with E-state index in [9.17, 15) is 9.90 Å².